The van der Waals surface area contributed by atoms with Crippen LogP contribution in [0.1, 0.15) is 25.3 Å². The van der Waals surface area contributed by atoms with E-state index in [2.05, 4.69) is 34.3 Å². The molecule has 1 saturated heterocycles. The third kappa shape index (κ3) is 3.77. The summed E-state index contributed by atoms with van der Waals surface area (Å²) in [4.78, 5) is 6.53. The van der Waals surface area contributed by atoms with Crippen molar-refractivity contribution in [3.8, 4) is 0 Å². The van der Waals surface area contributed by atoms with Gasteiger partial charge in [-0.15, -0.1) is 0 Å². The first-order valence-corrected chi connectivity index (χ1v) is 6.77. The zero-order chi connectivity index (χ0) is 12.8. The molecule has 2 heterocycles. The molecule has 2 unspecified atom stereocenters. The molecule has 4 heteroatoms. The summed E-state index contributed by atoms with van der Waals surface area (Å²) < 4.78 is 0. The first kappa shape index (κ1) is 13.5. The fraction of sp³-hybridized carbons (Fsp3) is 0.643. The second kappa shape index (κ2) is 6.83. The van der Waals surface area contributed by atoms with Crippen molar-refractivity contribution in [1.82, 2.24) is 15.2 Å². The molecule has 18 heavy (non-hydrogen) atoms. The van der Waals surface area contributed by atoms with E-state index < -0.39 is 0 Å². The molecule has 2 atom stereocenters. The Morgan fingerprint density at radius 1 is 1.44 bits per heavy atom. The number of rotatable bonds is 4. The number of hydrogen-bond donors (Lipinski definition) is 2. The average molecular weight is 249 g/mol. The minimum atomic E-state index is 0.258. The maximum Gasteiger partial charge on any atom is 0.0446 e. The van der Waals surface area contributed by atoms with Gasteiger partial charge in [0.2, 0.25) is 0 Å². The van der Waals surface area contributed by atoms with Crippen LogP contribution in [0, 0.1) is 0 Å². The molecule has 0 saturated carbocycles. The van der Waals surface area contributed by atoms with Gasteiger partial charge in [-0.25, -0.2) is 0 Å². The highest BCUT2D eigenvalue weighted by Crippen LogP contribution is 2.14. The topological polar surface area (TPSA) is 48.4 Å². The summed E-state index contributed by atoms with van der Waals surface area (Å²) in [5, 5.41) is 12.7. The number of hydrogen-bond acceptors (Lipinski definition) is 4. The van der Waals surface area contributed by atoms with Gasteiger partial charge in [-0.05, 0) is 37.5 Å². The predicted molar refractivity (Wildman–Crippen MR) is 72.2 cm³/mol. The lowest BCUT2D eigenvalue weighted by Crippen LogP contribution is -2.40. The second-order valence-electron chi connectivity index (χ2n) is 5.09. The van der Waals surface area contributed by atoms with Crippen LogP contribution in [0.25, 0.3) is 0 Å². The van der Waals surface area contributed by atoms with Gasteiger partial charge in [0.15, 0.2) is 0 Å². The van der Waals surface area contributed by atoms with Gasteiger partial charge in [0, 0.05) is 50.7 Å². The molecule has 0 aromatic carbocycles. The molecule has 1 fully saturated rings. The standard InChI is InChI=1S/C14H23N3O/c1-12-4-8-17(14(5-9-18)10-16-12)11-13-2-6-15-7-3-13/h2-3,6-7,12,14,16,18H,4-5,8-11H2,1H3. The van der Waals surface area contributed by atoms with E-state index in [1.54, 1.807) is 0 Å². The molecule has 2 rings (SSSR count). The fourth-order valence-corrected chi connectivity index (χ4v) is 2.47. The summed E-state index contributed by atoms with van der Waals surface area (Å²) in [6.45, 7) is 5.48. The summed E-state index contributed by atoms with van der Waals surface area (Å²) in [5.74, 6) is 0. The summed E-state index contributed by atoms with van der Waals surface area (Å²) in [7, 11) is 0. The van der Waals surface area contributed by atoms with E-state index in [1.165, 1.54) is 5.56 Å². The lowest BCUT2D eigenvalue weighted by molar-refractivity contribution is 0.159. The lowest BCUT2D eigenvalue weighted by Gasteiger charge is -2.29. The number of nitrogens with zero attached hydrogens (tertiary/aromatic N) is 2. The normalized spacial score (nSPS) is 25.9. The minimum Gasteiger partial charge on any atom is -0.396 e. The largest absolute Gasteiger partial charge is 0.396 e. The maximum absolute atomic E-state index is 9.20. The summed E-state index contributed by atoms with van der Waals surface area (Å²) in [5.41, 5.74) is 1.29. The van der Waals surface area contributed by atoms with E-state index in [9.17, 15) is 5.11 Å². The summed E-state index contributed by atoms with van der Waals surface area (Å²) in [6, 6.07) is 5.12. The van der Waals surface area contributed by atoms with Crippen LogP contribution in [0.2, 0.25) is 0 Å². The van der Waals surface area contributed by atoms with Crippen LogP contribution in [0.15, 0.2) is 24.5 Å². The Balaban J connectivity index is 2.02. The van der Waals surface area contributed by atoms with Crippen molar-refractivity contribution in [2.75, 3.05) is 19.7 Å². The van der Waals surface area contributed by atoms with E-state index in [0.717, 1.165) is 32.5 Å². The van der Waals surface area contributed by atoms with E-state index in [4.69, 9.17) is 0 Å². The highest BCUT2D eigenvalue weighted by Gasteiger charge is 2.22. The van der Waals surface area contributed by atoms with Crippen molar-refractivity contribution in [2.45, 2.75) is 38.4 Å². The zero-order valence-corrected chi connectivity index (χ0v) is 11.0. The first-order chi connectivity index (χ1) is 8.79. The Kier molecular flexibility index (Phi) is 5.11. The van der Waals surface area contributed by atoms with Crippen LogP contribution in [-0.2, 0) is 6.54 Å². The molecule has 0 bridgehead atoms. The Labute approximate surface area is 109 Å². The van der Waals surface area contributed by atoms with Gasteiger partial charge >= 0.3 is 0 Å². The molecule has 0 spiro atoms. The van der Waals surface area contributed by atoms with Crippen LogP contribution in [0.5, 0.6) is 0 Å². The smallest absolute Gasteiger partial charge is 0.0446 e. The molecule has 0 aliphatic carbocycles. The monoisotopic (exact) mass is 249 g/mol. The van der Waals surface area contributed by atoms with Crippen molar-refractivity contribution in [2.24, 2.45) is 0 Å². The molecule has 100 valence electrons. The third-order valence-electron chi connectivity index (χ3n) is 3.67. The van der Waals surface area contributed by atoms with E-state index in [1.807, 2.05) is 12.4 Å². The Morgan fingerprint density at radius 3 is 2.94 bits per heavy atom. The highest BCUT2D eigenvalue weighted by atomic mass is 16.3. The number of aliphatic hydroxyl groups excluding tert-OH is 1. The molecule has 2 N–H and O–H groups in total. The minimum absolute atomic E-state index is 0.258. The van der Waals surface area contributed by atoms with Gasteiger partial charge < -0.3 is 10.4 Å². The fourth-order valence-electron chi connectivity index (χ4n) is 2.47. The third-order valence-corrected chi connectivity index (χ3v) is 3.67. The molecule has 1 aromatic rings. The van der Waals surface area contributed by atoms with Gasteiger partial charge in [0.05, 0.1) is 0 Å². The van der Waals surface area contributed by atoms with Crippen LogP contribution in [0.4, 0.5) is 0 Å². The van der Waals surface area contributed by atoms with Gasteiger partial charge in [-0.3, -0.25) is 9.88 Å². The molecule has 4 nitrogen and oxygen atoms in total. The first-order valence-electron chi connectivity index (χ1n) is 6.77. The Hall–Kier alpha value is -0.970. The molecule has 1 aliphatic rings. The van der Waals surface area contributed by atoms with Crippen molar-refractivity contribution in [1.29, 1.82) is 0 Å². The molecule has 1 aliphatic heterocycles. The van der Waals surface area contributed by atoms with Crippen LogP contribution < -0.4 is 5.32 Å². The van der Waals surface area contributed by atoms with E-state index in [-0.39, 0.29) is 6.61 Å². The predicted octanol–water partition coefficient (Wildman–Crippen LogP) is 1.02. The molecule has 1 aromatic heterocycles. The molecule has 0 radical (unpaired) electrons. The Morgan fingerprint density at radius 2 is 2.22 bits per heavy atom. The van der Waals surface area contributed by atoms with Crippen molar-refractivity contribution in [3.63, 3.8) is 0 Å². The average Bonchev–Trinajstić information content (AvgIpc) is 2.56. The molecule has 0 amide bonds. The van der Waals surface area contributed by atoms with E-state index in [0.29, 0.717) is 12.1 Å². The SMILES string of the molecule is CC1CCN(Cc2ccncc2)C(CCO)CN1. The lowest BCUT2D eigenvalue weighted by atomic mass is 10.1. The zero-order valence-electron chi connectivity index (χ0n) is 11.0. The van der Waals surface area contributed by atoms with E-state index >= 15 is 0 Å². The van der Waals surface area contributed by atoms with Crippen molar-refractivity contribution in [3.05, 3.63) is 30.1 Å². The van der Waals surface area contributed by atoms with Crippen molar-refractivity contribution < 1.29 is 5.11 Å². The van der Waals surface area contributed by atoms with Crippen LogP contribution in [0.3, 0.4) is 0 Å². The van der Waals surface area contributed by atoms with Gasteiger partial charge in [-0.1, -0.05) is 0 Å². The number of pyridine rings is 1. The highest BCUT2D eigenvalue weighted by molar-refractivity contribution is 5.09. The maximum atomic E-state index is 9.20. The second-order valence-corrected chi connectivity index (χ2v) is 5.09. The number of aliphatic hydroxyl groups is 1. The van der Waals surface area contributed by atoms with Crippen LogP contribution >= 0.6 is 0 Å². The van der Waals surface area contributed by atoms with Gasteiger partial charge in [0.25, 0.3) is 0 Å². The number of nitrogens with one attached hydrogen (secondary N) is 1. The van der Waals surface area contributed by atoms with Crippen molar-refractivity contribution >= 4 is 0 Å². The Bertz CT molecular complexity index is 344. The quantitative estimate of drug-likeness (QED) is 0.836. The number of aromatic nitrogens is 1. The van der Waals surface area contributed by atoms with Gasteiger partial charge in [-0.2, -0.15) is 0 Å². The summed E-state index contributed by atoms with van der Waals surface area (Å²) >= 11 is 0. The van der Waals surface area contributed by atoms with Crippen LogP contribution in [-0.4, -0.2) is 46.8 Å². The summed E-state index contributed by atoms with van der Waals surface area (Å²) in [6.07, 6.45) is 5.68. The molecular formula is C14H23N3O. The van der Waals surface area contributed by atoms with Gasteiger partial charge in [0.1, 0.15) is 0 Å². The molecular weight excluding hydrogens is 226 g/mol.